The first-order chi connectivity index (χ1) is 5.34. The molecule has 0 saturated heterocycles. The molecule has 0 atom stereocenters. The van der Waals surface area contributed by atoms with E-state index in [1.165, 1.54) is 18.7 Å². The smallest absolute Gasteiger partial charge is 0.247 e. The van der Waals surface area contributed by atoms with Gasteiger partial charge in [0.1, 0.15) is 6.20 Å². The number of hydrogen-bond donors (Lipinski definition) is 0. The molecular weight excluding hydrogens is 168 g/mol. The van der Waals surface area contributed by atoms with Gasteiger partial charge in [-0.25, -0.2) is 9.13 Å². The Balaban J connectivity index is 3.28. The lowest BCUT2D eigenvalue weighted by molar-refractivity contribution is -0.653. The average Bonchev–Trinajstić information content (AvgIpc) is 2.15. The highest BCUT2D eigenvalue weighted by Gasteiger charge is 2.39. The van der Waals surface area contributed by atoms with Crippen molar-refractivity contribution in [3.8, 4) is 0 Å². The van der Waals surface area contributed by atoms with Gasteiger partial charge >= 0.3 is 6.18 Å². The standard InChI is InChI=1S/C6H7BF3N2/c1-11-3-4(6(8,9)10)12(2)5(11)7/h3H,1-2H3/q+1. The molecule has 12 heavy (non-hydrogen) atoms. The van der Waals surface area contributed by atoms with E-state index in [9.17, 15) is 13.2 Å². The Morgan fingerprint density at radius 3 is 2.17 bits per heavy atom. The van der Waals surface area contributed by atoms with Gasteiger partial charge in [0.2, 0.25) is 13.5 Å². The molecule has 0 aliphatic carbocycles. The van der Waals surface area contributed by atoms with Crippen molar-refractivity contribution in [1.82, 2.24) is 4.57 Å². The molecule has 0 bridgehead atoms. The Morgan fingerprint density at radius 2 is 2.00 bits per heavy atom. The van der Waals surface area contributed by atoms with Gasteiger partial charge in [-0.05, 0) is 0 Å². The van der Waals surface area contributed by atoms with Gasteiger partial charge in [-0.2, -0.15) is 13.2 Å². The average molecular weight is 175 g/mol. The molecule has 2 nitrogen and oxygen atoms in total. The van der Waals surface area contributed by atoms with Crippen molar-refractivity contribution in [3.05, 3.63) is 11.9 Å². The number of halogens is 3. The summed E-state index contributed by atoms with van der Waals surface area (Å²) in [4.78, 5) is 0. The minimum atomic E-state index is -4.34. The monoisotopic (exact) mass is 175 g/mol. The maximum atomic E-state index is 12.2. The molecule has 1 aromatic heterocycles. The van der Waals surface area contributed by atoms with Crippen molar-refractivity contribution in [3.63, 3.8) is 0 Å². The quantitative estimate of drug-likeness (QED) is 0.376. The van der Waals surface area contributed by atoms with Crippen LogP contribution in [0.2, 0.25) is 0 Å². The molecule has 0 fully saturated rings. The fourth-order valence-corrected chi connectivity index (χ4v) is 0.960. The second-order valence-electron chi connectivity index (χ2n) is 2.54. The maximum absolute atomic E-state index is 12.2. The summed E-state index contributed by atoms with van der Waals surface area (Å²) in [5, 5.41) is 0. The first-order valence-corrected chi connectivity index (χ1v) is 3.22. The second-order valence-corrected chi connectivity index (χ2v) is 2.54. The summed E-state index contributed by atoms with van der Waals surface area (Å²) in [6, 6.07) is 0. The fraction of sp³-hybridized carbons (Fsp3) is 0.500. The predicted octanol–water partition coefficient (Wildman–Crippen LogP) is -0.338. The molecule has 1 heterocycles. The van der Waals surface area contributed by atoms with E-state index in [0.29, 0.717) is 0 Å². The Bertz CT molecular complexity index is 302. The number of nitrogens with zero attached hydrogens (tertiary/aromatic N) is 2. The van der Waals surface area contributed by atoms with Crippen LogP contribution in [0.1, 0.15) is 5.69 Å². The topological polar surface area (TPSA) is 8.81 Å². The summed E-state index contributed by atoms with van der Waals surface area (Å²) < 4.78 is 38.6. The lowest BCUT2D eigenvalue weighted by Gasteiger charge is -2.00. The summed E-state index contributed by atoms with van der Waals surface area (Å²) in [5.41, 5.74) is -0.676. The molecule has 0 N–H and O–H groups in total. The van der Waals surface area contributed by atoms with Crippen molar-refractivity contribution in [2.75, 3.05) is 0 Å². The molecule has 1 aromatic rings. The Labute approximate surface area is 69.0 Å². The molecule has 0 aliphatic heterocycles. The summed E-state index contributed by atoms with van der Waals surface area (Å²) in [7, 11) is 8.06. The highest BCUT2D eigenvalue weighted by atomic mass is 19.4. The molecule has 0 amide bonds. The van der Waals surface area contributed by atoms with Gasteiger partial charge < -0.3 is 0 Å². The first-order valence-electron chi connectivity index (χ1n) is 3.22. The van der Waals surface area contributed by atoms with Crippen molar-refractivity contribution >= 4 is 13.6 Å². The van der Waals surface area contributed by atoms with E-state index >= 15 is 0 Å². The SMILES string of the molecule is [B]c1n(C)c(C(F)(F)F)c[n+]1C. The number of imidazole rings is 1. The van der Waals surface area contributed by atoms with Crippen LogP contribution in [0.4, 0.5) is 13.2 Å². The van der Waals surface area contributed by atoms with Gasteiger partial charge in [0.25, 0.3) is 0 Å². The van der Waals surface area contributed by atoms with Crippen LogP contribution in [0.15, 0.2) is 6.20 Å². The molecule has 0 saturated carbocycles. The number of alkyl halides is 3. The molecule has 0 aromatic carbocycles. The van der Waals surface area contributed by atoms with Gasteiger partial charge in [-0.3, -0.25) is 0 Å². The minimum Gasteiger partial charge on any atom is -0.247 e. The van der Waals surface area contributed by atoms with Gasteiger partial charge in [0.15, 0.2) is 5.72 Å². The lowest BCUT2D eigenvalue weighted by atomic mass is 10.1. The highest BCUT2D eigenvalue weighted by molar-refractivity contribution is 6.28. The zero-order valence-electron chi connectivity index (χ0n) is 6.68. The molecule has 6 heteroatoms. The number of aromatic nitrogens is 2. The van der Waals surface area contributed by atoms with Crippen molar-refractivity contribution in [1.29, 1.82) is 0 Å². The molecule has 2 radical (unpaired) electrons. The fourth-order valence-electron chi connectivity index (χ4n) is 0.960. The summed E-state index contributed by atoms with van der Waals surface area (Å²) in [6.07, 6.45) is -3.39. The third-order valence-electron chi connectivity index (χ3n) is 1.67. The van der Waals surface area contributed by atoms with Crippen LogP contribution in [-0.2, 0) is 20.3 Å². The van der Waals surface area contributed by atoms with Crippen LogP contribution >= 0.6 is 0 Å². The zero-order valence-corrected chi connectivity index (χ0v) is 6.68. The maximum Gasteiger partial charge on any atom is 0.457 e. The summed E-state index contributed by atoms with van der Waals surface area (Å²) in [5.74, 6) is 0. The van der Waals surface area contributed by atoms with Crippen LogP contribution in [0.25, 0.3) is 0 Å². The Hall–Kier alpha value is -0.935. The van der Waals surface area contributed by atoms with Crippen LogP contribution in [0, 0.1) is 0 Å². The third kappa shape index (κ3) is 1.33. The van der Waals surface area contributed by atoms with E-state index in [1.54, 1.807) is 0 Å². The Kier molecular flexibility index (Phi) is 1.93. The molecule has 0 aliphatic rings. The largest absolute Gasteiger partial charge is 0.457 e. The molecule has 0 spiro atoms. The van der Waals surface area contributed by atoms with Gasteiger partial charge in [-0.15, -0.1) is 0 Å². The van der Waals surface area contributed by atoms with E-state index in [1.807, 2.05) is 0 Å². The van der Waals surface area contributed by atoms with Crippen molar-refractivity contribution in [2.45, 2.75) is 6.18 Å². The van der Waals surface area contributed by atoms with Crippen LogP contribution in [0.3, 0.4) is 0 Å². The van der Waals surface area contributed by atoms with E-state index < -0.39 is 11.9 Å². The third-order valence-corrected chi connectivity index (χ3v) is 1.67. The normalized spacial score (nSPS) is 12.1. The van der Waals surface area contributed by atoms with Gasteiger partial charge in [0, 0.05) is 0 Å². The van der Waals surface area contributed by atoms with E-state index in [4.69, 9.17) is 7.85 Å². The number of rotatable bonds is 0. The molecule has 1 rings (SSSR count). The van der Waals surface area contributed by atoms with Gasteiger partial charge in [-0.1, -0.05) is 0 Å². The highest BCUT2D eigenvalue weighted by Crippen LogP contribution is 2.27. The van der Waals surface area contributed by atoms with Crippen LogP contribution in [-0.4, -0.2) is 12.4 Å². The van der Waals surface area contributed by atoms with E-state index in [-0.39, 0.29) is 5.72 Å². The van der Waals surface area contributed by atoms with E-state index in [0.717, 1.165) is 10.8 Å². The van der Waals surface area contributed by atoms with Crippen LogP contribution in [0.5, 0.6) is 0 Å². The Morgan fingerprint density at radius 1 is 1.50 bits per heavy atom. The summed E-state index contributed by atoms with van der Waals surface area (Å²) in [6.45, 7) is 0. The van der Waals surface area contributed by atoms with Crippen molar-refractivity contribution in [2.24, 2.45) is 14.1 Å². The summed E-state index contributed by atoms with van der Waals surface area (Å²) >= 11 is 0. The number of hydrogen-bond acceptors (Lipinski definition) is 0. The molecular formula is C6H7BF3N2+. The number of aryl methyl sites for hydroxylation is 1. The van der Waals surface area contributed by atoms with Gasteiger partial charge in [0.05, 0.1) is 14.1 Å². The second kappa shape index (κ2) is 2.53. The zero-order chi connectivity index (χ0) is 9.52. The first kappa shape index (κ1) is 9.16. The molecule has 64 valence electrons. The van der Waals surface area contributed by atoms with Crippen molar-refractivity contribution < 1.29 is 17.7 Å². The van der Waals surface area contributed by atoms with Crippen LogP contribution < -0.4 is 10.3 Å². The van der Waals surface area contributed by atoms with E-state index in [2.05, 4.69) is 0 Å². The molecule has 0 unspecified atom stereocenters. The predicted molar refractivity (Wildman–Crippen MR) is 37.0 cm³/mol. The minimum absolute atomic E-state index is 0.0716. The lowest BCUT2D eigenvalue weighted by Crippen LogP contribution is -2.45.